The number of nitrogens with zero attached hydrogens (tertiary/aromatic N) is 1. The summed E-state index contributed by atoms with van der Waals surface area (Å²) in [5, 5.41) is 2.65. The summed E-state index contributed by atoms with van der Waals surface area (Å²) in [5.41, 5.74) is -0.0296. The molecule has 0 saturated heterocycles. The van der Waals surface area contributed by atoms with Crippen molar-refractivity contribution in [1.29, 1.82) is 0 Å². The van der Waals surface area contributed by atoms with Gasteiger partial charge in [-0.15, -0.1) is 0 Å². The predicted molar refractivity (Wildman–Crippen MR) is 137 cm³/mol. The number of methoxy groups -OCH3 is 2. The molecule has 0 aliphatic heterocycles. The number of nitrogens with one attached hydrogen (secondary N) is 1. The molecule has 0 aliphatic rings. The Balaban J connectivity index is 1.92. The number of benzene rings is 2. The van der Waals surface area contributed by atoms with Crippen LogP contribution >= 0.6 is 11.6 Å². The highest BCUT2D eigenvalue weighted by Gasteiger charge is 2.33. The van der Waals surface area contributed by atoms with Crippen LogP contribution in [0.1, 0.15) is 29.9 Å². The van der Waals surface area contributed by atoms with Crippen molar-refractivity contribution in [2.45, 2.75) is 19.4 Å². The Morgan fingerprint density at radius 3 is 2.37 bits per heavy atom. The first-order chi connectivity index (χ1) is 18.1. The molecule has 1 unspecified atom stereocenters. The van der Waals surface area contributed by atoms with E-state index in [2.05, 4.69) is 10.3 Å². The third-order valence-corrected chi connectivity index (χ3v) is 5.82. The molecule has 202 valence electrons. The lowest BCUT2D eigenvalue weighted by Gasteiger charge is -2.29. The van der Waals surface area contributed by atoms with Crippen LogP contribution in [0, 0.1) is 5.82 Å². The molecule has 1 N–H and O–H groups in total. The molecule has 3 aromatic rings. The molecule has 0 saturated carbocycles. The fourth-order valence-corrected chi connectivity index (χ4v) is 3.86. The number of halogens is 3. The Morgan fingerprint density at radius 1 is 1.03 bits per heavy atom. The molecule has 11 heteroatoms. The maximum absolute atomic E-state index is 13.7. The topological polar surface area (TPSA) is 96.0 Å². The monoisotopic (exact) mass is 548 g/mol. The summed E-state index contributed by atoms with van der Waals surface area (Å²) in [7, 11) is 2.86. The largest absolute Gasteiger partial charge is 0.494 e. The van der Waals surface area contributed by atoms with Crippen LogP contribution in [0.25, 0.3) is 11.3 Å². The molecule has 0 bridgehead atoms. The van der Waals surface area contributed by atoms with Gasteiger partial charge in [0.15, 0.2) is 17.1 Å². The Bertz CT molecular complexity index is 1320. The lowest BCUT2D eigenvalue weighted by Crippen LogP contribution is -2.42. The van der Waals surface area contributed by atoms with Gasteiger partial charge in [0.05, 0.1) is 31.5 Å². The van der Waals surface area contributed by atoms with Gasteiger partial charge in [-0.3, -0.25) is 9.59 Å². The number of aromatic nitrogens is 1. The second-order valence-corrected chi connectivity index (χ2v) is 8.69. The Hall–Kier alpha value is -3.92. The summed E-state index contributed by atoms with van der Waals surface area (Å²) in [6.07, 6.45) is 0. The summed E-state index contributed by atoms with van der Waals surface area (Å²) in [4.78, 5) is 29.6. The number of hydrogen-bond donors (Lipinski definition) is 1. The first-order valence-electron chi connectivity index (χ1n) is 11.5. The smallest absolute Gasteiger partial charge is 0.303 e. The molecule has 3 rings (SSSR count). The van der Waals surface area contributed by atoms with Gasteiger partial charge in [-0.05, 0) is 55.5 Å². The van der Waals surface area contributed by atoms with Gasteiger partial charge in [0.1, 0.15) is 30.5 Å². The van der Waals surface area contributed by atoms with Crippen molar-refractivity contribution < 1.29 is 37.3 Å². The fourth-order valence-electron chi connectivity index (χ4n) is 3.68. The van der Waals surface area contributed by atoms with Crippen LogP contribution in [0.15, 0.2) is 48.5 Å². The van der Waals surface area contributed by atoms with Crippen LogP contribution < -0.4 is 19.5 Å². The average Bonchev–Trinajstić information content (AvgIpc) is 2.91. The van der Waals surface area contributed by atoms with Gasteiger partial charge < -0.3 is 24.3 Å². The fraction of sp³-hybridized carbons (Fsp3) is 0.296. The molecule has 2 aromatic carbocycles. The lowest BCUT2D eigenvalue weighted by atomic mass is 9.99. The third kappa shape index (κ3) is 6.69. The van der Waals surface area contributed by atoms with Gasteiger partial charge in [0.2, 0.25) is 0 Å². The van der Waals surface area contributed by atoms with Crippen LogP contribution in [0.5, 0.6) is 17.2 Å². The highest BCUT2D eigenvalue weighted by Crippen LogP contribution is 2.34. The number of carbonyl (C=O) groups excluding carboxylic acids is 2. The Labute approximate surface area is 223 Å². The van der Waals surface area contributed by atoms with Crippen molar-refractivity contribution in [1.82, 2.24) is 10.3 Å². The van der Waals surface area contributed by atoms with Crippen molar-refractivity contribution in [3.05, 3.63) is 70.6 Å². The first kappa shape index (κ1) is 28.6. The van der Waals surface area contributed by atoms with Crippen LogP contribution in [0.2, 0.25) is 5.02 Å². The van der Waals surface area contributed by atoms with Crippen molar-refractivity contribution in [3.8, 4) is 28.5 Å². The van der Waals surface area contributed by atoms with E-state index in [-0.39, 0.29) is 29.5 Å². The number of carbonyl (C=O) groups is 2. The number of hydrogen-bond acceptors (Lipinski definition) is 7. The van der Waals surface area contributed by atoms with E-state index < -0.39 is 30.0 Å². The Kier molecular flexibility index (Phi) is 9.46. The molecule has 1 heterocycles. The zero-order chi connectivity index (χ0) is 27.9. The van der Waals surface area contributed by atoms with Crippen molar-refractivity contribution >= 4 is 23.5 Å². The normalized spacial score (nSPS) is 12.3. The van der Waals surface area contributed by atoms with E-state index >= 15 is 0 Å². The summed E-state index contributed by atoms with van der Waals surface area (Å²) < 4.78 is 47.7. The molecule has 1 aromatic heterocycles. The zero-order valence-corrected chi connectivity index (χ0v) is 22.0. The highest BCUT2D eigenvalue weighted by molar-refractivity contribution is 6.31. The summed E-state index contributed by atoms with van der Waals surface area (Å²) in [5.74, 6) is -0.737. The number of amides is 1. The maximum atomic E-state index is 13.7. The maximum Gasteiger partial charge on any atom is 0.303 e. The van der Waals surface area contributed by atoms with E-state index in [9.17, 15) is 18.4 Å². The molecular weight excluding hydrogens is 522 g/mol. The molecule has 0 aliphatic carbocycles. The zero-order valence-electron chi connectivity index (χ0n) is 21.3. The second-order valence-electron chi connectivity index (χ2n) is 8.29. The predicted octanol–water partition coefficient (Wildman–Crippen LogP) is 5.11. The second kappa shape index (κ2) is 12.6. The van der Waals surface area contributed by atoms with E-state index in [1.54, 1.807) is 19.1 Å². The van der Waals surface area contributed by atoms with E-state index in [1.165, 1.54) is 57.5 Å². The van der Waals surface area contributed by atoms with Crippen molar-refractivity contribution in [2.24, 2.45) is 0 Å². The minimum atomic E-state index is -1.39. The number of pyridine rings is 1. The number of ether oxygens (including phenoxy) is 4. The molecule has 0 fully saturated rings. The number of alkyl halides is 1. The standard InChI is InChI=1S/C27H27ClF2N2O6/c1-16(33)38-27(2,15-31-26(34)18-6-8-21(37-12-11-29)23(14-18)36-4)24-10-9-22(35-3)25(32-24)17-5-7-20(30)19(28)13-17/h5-10,13-14H,11-12,15H2,1-4H3,(H,31,34). The number of esters is 1. The van der Waals surface area contributed by atoms with Crippen molar-refractivity contribution in [3.63, 3.8) is 0 Å². The molecule has 0 spiro atoms. The van der Waals surface area contributed by atoms with Gasteiger partial charge in [-0.25, -0.2) is 13.8 Å². The Morgan fingerprint density at radius 2 is 1.74 bits per heavy atom. The van der Waals surface area contributed by atoms with Gasteiger partial charge in [-0.2, -0.15) is 0 Å². The number of rotatable bonds is 11. The molecule has 8 nitrogen and oxygen atoms in total. The third-order valence-electron chi connectivity index (χ3n) is 5.53. The van der Waals surface area contributed by atoms with Gasteiger partial charge in [-0.1, -0.05) is 11.6 Å². The molecule has 1 atom stereocenters. The van der Waals surface area contributed by atoms with Gasteiger partial charge in [0, 0.05) is 18.1 Å². The summed E-state index contributed by atoms with van der Waals surface area (Å²) in [6.45, 7) is 1.88. The minimum absolute atomic E-state index is 0.0942. The van der Waals surface area contributed by atoms with Crippen LogP contribution in [-0.2, 0) is 15.1 Å². The minimum Gasteiger partial charge on any atom is -0.494 e. The molecule has 38 heavy (non-hydrogen) atoms. The molecule has 0 radical (unpaired) electrons. The average molecular weight is 549 g/mol. The van der Waals surface area contributed by atoms with E-state index in [4.69, 9.17) is 30.5 Å². The summed E-state index contributed by atoms with van der Waals surface area (Å²) in [6, 6.07) is 11.8. The SMILES string of the molecule is COc1cc(C(=O)NCC(C)(OC(C)=O)c2ccc(OC)c(-c3ccc(F)c(Cl)c3)n2)ccc1OCCF. The highest BCUT2D eigenvalue weighted by atomic mass is 35.5. The van der Waals surface area contributed by atoms with E-state index in [0.29, 0.717) is 28.5 Å². The summed E-state index contributed by atoms with van der Waals surface area (Å²) >= 11 is 5.96. The van der Waals surface area contributed by atoms with E-state index in [0.717, 1.165) is 0 Å². The van der Waals surface area contributed by atoms with Crippen LogP contribution in [0.4, 0.5) is 8.78 Å². The quantitative estimate of drug-likeness (QED) is 0.332. The van der Waals surface area contributed by atoms with Crippen molar-refractivity contribution in [2.75, 3.05) is 34.0 Å². The lowest BCUT2D eigenvalue weighted by molar-refractivity contribution is -0.156. The molecule has 1 amide bonds. The van der Waals surface area contributed by atoms with Crippen LogP contribution in [-0.4, -0.2) is 50.9 Å². The van der Waals surface area contributed by atoms with Crippen LogP contribution in [0.3, 0.4) is 0 Å². The first-order valence-corrected chi connectivity index (χ1v) is 11.8. The van der Waals surface area contributed by atoms with E-state index in [1.807, 2.05) is 0 Å². The van der Waals surface area contributed by atoms with Gasteiger partial charge in [0.25, 0.3) is 5.91 Å². The van der Waals surface area contributed by atoms with Gasteiger partial charge >= 0.3 is 5.97 Å². The molecular formula is C27H27ClF2N2O6.